The van der Waals surface area contributed by atoms with E-state index in [4.69, 9.17) is 4.74 Å². The third-order valence-corrected chi connectivity index (χ3v) is 6.40. The molecule has 0 amide bonds. The minimum Gasteiger partial charge on any atom is -0.389 e. The maximum absolute atomic E-state index is 12.9. The molecule has 2 fully saturated rings. The fourth-order valence-electron chi connectivity index (χ4n) is 3.93. The lowest BCUT2D eigenvalue weighted by Gasteiger charge is -2.28. The van der Waals surface area contributed by atoms with E-state index in [1.807, 2.05) is 11.5 Å². The summed E-state index contributed by atoms with van der Waals surface area (Å²) in [7, 11) is 0. The number of halogens is 1. The molecule has 4 rings (SSSR count). The van der Waals surface area contributed by atoms with Crippen molar-refractivity contribution in [3.05, 3.63) is 26.6 Å². The highest BCUT2D eigenvalue weighted by molar-refractivity contribution is 9.10. The van der Waals surface area contributed by atoms with Gasteiger partial charge in [-0.2, -0.15) is 4.98 Å². The van der Waals surface area contributed by atoms with Crippen molar-refractivity contribution < 1.29 is 9.84 Å². The van der Waals surface area contributed by atoms with Crippen LogP contribution in [-0.4, -0.2) is 45.0 Å². The van der Waals surface area contributed by atoms with Gasteiger partial charge in [0.2, 0.25) is 5.95 Å². The molecule has 2 aromatic rings. The van der Waals surface area contributed by atoms with E-state index in [0.717, 1.165) is 36.6 Å². The Bertz CT molecular complexity index is 879. The largest absolute Gasteiger partial charge is 0.389 e. The second-order valence-electron chi connectivity index (χ2n) is 7.17. The molecule has 8 heteroatoms. The number of aromatic nitrogens is 3. The highest BCUT2D eigenvalue weighted by atomic mass is 79.9. The lowest BCUT2D eigenvalue weighted by Crippen LogP contribution is -2.42. The first-order chi connectivity index (χ1) is 12.6. The molecule has 0 radical (unpaired) electrons. The average Bonchev–Trinajstić information content (AvgIpc) is 3.16. The summed E-state index contributed by atoms with van der Waals surface area (Å²) in [6.45, 7) is 2.82. The molecule has 140 valence electrons. The van der Waals surface area contributed by atoms with Crippen molar-refractivity contribution in [1.82, 2.24) is 14.5 Å². The van der Waals surface area contributed by atoms with E-state index in [1.165, 1.54) is 0 Å². The summed E-state index contributed by atoms with van der Waals surface area (Å²) in [5, 5.41) is 14.2. The van der Waals surface area contributed by atoms with Gasteiger partial charge in [-0.1, -0.05) is 12.8 Å². The molecule has 7 nitrogen and oxygen atoms in total. The summed E-state index contributed by atoms with van der Waals surface area (Å²) in [4.78, 5) is 22.0. The van der Waals surface area contributed by atoms with E-state index < -0.39 is 6.10 Å². The number of ether oxygens (including phenoxy) is 1. The Hall–Kier alpha value is -1.51. The molecule has 1 unspecified atom stereocenters. The zero-order valence-electron chi connectivity index (χ0n) is 14.7. The Balaban J connectivity index is 1.79. The summed E-state index contributed by atoms with van der Waals surface area (Å²) in [5.74, 6) is 0.441. The molecule has 0 spiro atoms. The quantitative estimate of drug-likeness (QED) is 0.789. The summed E-state index contributed by atoms with van der Waals surface area (Å²) in [5.41, 5.74) is 1.50. The molecule has 2 atom stereocenters. The number of pyridine rings is 1. The summed E-state index contributed by atoms with van der Waals surface area (Å²) in [6, 6.07) is 0.0303. The van der Waals surface area contributed by atoms with Crippen LogP contribution in [0.1, 0.15) is 43.7 Å². The van der Waals surface area contributed by atoms with Crippen molar-refractivity contribution in [1.29, 1.82) is 0 Å². The van der Waals surface area contributed by atoms with E-state index in [2.05, 4.69) is 31.2 Å². The predicted octanol–water partition coefficient (Wildman–Crippen LogP) is 2.54. The van der Waals surface area contributed by atoms with Gasteiger partial charge in [0, 0.05) is 24.2 Å². The van der Waals surface area contributed by atoms with Crippen molar-refractivity contribution in [3.63, 3.8) is 0 Å². The van der Waals surface area contributed by atoms with Crippen LogP contribution in [-0.2, 0) is 4.74 Å². The number of rotatable bonds is 3. The van der Waals surface area contributed by atoms with Gasteiger partial charge in [0.15, 0.2) is 0 Å². The van der Waals surface area contributed by atoms with Gasteiger partial charge in [0.25, 0.3) is 5.56 Å². The molecule has 2 aliphatic rings. The SMILES string of the molecule is Cc1c(Br)c(=O)n(C2CCCC2)c2nc(NC3CCOC[C@H]3O)ncc12. The minimum atomic E-state index is -0.591. The Morgan fingerprint density at radius 3 is 2.85 bits per heavy atom. The lowest BCUT2D eigenvalue weighted by atomic mass is 10.1. The first-order valence-electron chi connectivity index (χ1n) is 9.16. The fourth-order valence-corrected chi connectivity index (χ4v) is 4.33. The van der Waals surface area contributed by atoms with Crippen molar-refractivity contribution in [2.45, 2.75) is 57.2 Å². The van der Waals surface area contributed by atoms with Crippen molar-refractivity contribution in [2.24, 2.45) is 0 Å². The van der Waals surface area contributed by atoms with Gasteiger partial charge in [0.05, 0.1) is 23.2 Å². The van der Waals surface area contributed by atoms with Crippen LogP contribution in [0.5, 0.6) is 0 Å². The molecular weight excluding hydrogens is 400 g/mol. The third-order valence-electron chi connectivity index (χ3n) is 5.47. The molecule has 1 aliphatic carbocycles. The standard InChI is InChI=1S/C18H23BrN4O3/c1-10-12-8-20-18(21-13-6-7-26-9-14(13)24)22-16(12)23(17(25)15(10)19)11-4-2-3-5-11/h8,11,13-14,24H,2-7,9H2,1H3,(H,20,21,22)/t13?,14-/m1/s1. The number of hydrogen-bond donors (Lipinski definition) is 2. The maximum atomic E-state index is 12.9. The van der Waals surface area contributed by atoms with Crippen LogP contribution in [0, 0.1) is 6.92 Å². The highest BCUT2D eigenvalue weighted by Crippen LogP contribution is 2.32. The number of aliphatic hydroxyl groups is 1. The first-order valence-corrected chi connectivity index (χ1v) is 9.95. The topological polar surface area (TPSA) is 89.3 Å². The highest BCUT2D eigenvalue weighted by Gasteiger charge is 2.26. The van der Waals surface area contributed by atoms with Crippen LogP contribution < -0.4 is 10.9 Å². The van der Waals surface area contributed by atoms with Gasteiger partial charge in [0.1, 0.15) is 5.65 Å². The molecule has 1 saturated carbocycles. The Labute approximate surface area is 159 Å². The smallest absolute Gasteiger partial charge is 0.267 e. The molecular formula is C18H23BrN4O3. The fraction of sp³-hybridized carbons (Fsp3) is 0.611. The predicted molar refractivity (Wildman–Crippen MR) is 103 cm³/mol. The van der Waals surface area contributed by atoms with Crippen LogP contribution in [0.25, 0.3) is 11.0 Å². The maximum Gasteiger partial charge on any atom is 0.267 e. The van der Waals surface area contributed by atoms with Crippen LogP contribution in [0.15, 0.2) is 15.5 Å². The second-order valence-corrected chi connectivity index (χ2v) is 7.96. The Kier molecular flexibility index (Phi) is 4.98. The summed E-state index contributed by atoms with van der Waals surface area (Å²) in [6.07, 6.45) is 6.13. The zero-order chi connectivity index (χ0) is 18.3. The van der Waals surface area contributed by atoms with E-state index in [0.29, 0.717) is 35.7 Å². The monoisotopic (exact) mass is 422 g/mol. The molecule has 0 bridgehead atoms. The Morgan fingerprint density at radius 2 is 2.12 bits per heavy atom. The number of nitrogens with zero attached hydrogens (tertiary/aromatic N) is 3. The van der Waals surface area contributed by atoms with Crippen molar-refractivity contribution >= 4 is 32.9 Å². The summed E-state index contributed by atoms with van der Waals surface area (Å²) >= 11 is 3.45. The number of hydrogen-bond acceptors (Lipinski definition) is 6. The van der Waals surface area contributed by atoms with Crippen LogP contribution in [0.3, 0.4) is 0 Å². The van der Waals surface area contributed by atoms with Gasteiger partial charge >= 0.3 is 0 Å². The molecule has 1 saturated heterocycles. The van der Waals surface area contributed by atoms with Crippen molar-refractivity contribution in [3.8, 4) is 0 Å². The zero-order valence-corrected chi connectivity index (χ0v) is 16.3. The minimum absolute atomic E-state index is 0.0300. The van der Waals surface area contributed by atoms with Gasteiger partial charge in [-0.05, 0) is 47.7 Å². The van der Waals surface area contributed by atoms with Crippen LogP contribution in [0.2, 0.25) is 0 Å². The normalized spacial score (nSPS) is 24.3. The van der Waals surface area contributed by atoms with Crippen LogP contribution >= 0.6 is 15.9 Å². The third kappa shape index (κ3) is 3.14. The second kappa shape index (κ2) is 7.25. The van der Waals surface area contributed by atoms with E-state index >= 15 is 0 Å². The first kappa shape index (κ1) is 17.9. The van der Waals surface area contributed by atoms with Gasteiger partial charge in [-0.25, -0.2) is 4.98 Å². The molecule has 2 aromatic heterocycles. The van der Waals surface area contributed by atoms with E-state index in [1.54, 1.807) is 6.20 Å². The van der Waals surface area contributed by atoms with Gasteiger partial charge in [-0.3, -0.25) is 9.36 Å². The Morgan fingerprint density at radius 1 is 1.35 bits per heavy atom. The molecule has 1 aliphatic heterocycles. The lowest BCUT2D eigenvalue weighted by molar-refractivity contribution is -0.0136. The van der Waals surface area contributed by atoms with Crippen LogP contribution in [0.4, 0.5) is 5.95 Å². The number of nitrogens with one attached hydrogen (secondary N) is 1. The average molecular weight is 423 g/mol. The molecule has 0 aromatic carbocycles. The molecule has 3 heterocycles. The van der Waals surface area contributed by atoms with E-state index in [9.17, 15) is 9.90 Å². The number of aliphatic hydroxyl groups excluding tert-OH is 1. The van der Waals surface area contributed by atoms with Gasteiger partial charge in [-0.15, -0.1) is 0 Å². The molecule has 2 N–H and O–H groups in total. The van der Waals surface area contributed by atoms with Crippen molar-refractivity contribution in [2.75, 3.05) is 18.5 Å². The van der Waals surface area contributed by atoms with Gasteiger partial charge < -0.3 is 15.2 Å². The summed E-state index contributed by atoms with van der Waals surface area (Å²) < 4.78 is 7.68. The van der Waals surface area contributed by atoms with E-state index in [-0.39, 0.29) is 17.6 Å². The number of anilines is 1. The number of fused-ring (bicyclic) bond motifs is 1. The molecule has 26 heavy (non-hydrogen) atoms. The number of aryl methyl sites for hydroxylation is 1.